The third-order valence-corrected chi connectivity index (χ3v) is 4.31. The van der Waals surface area contributed by atoms with E-state index in [2.05, 4.69) is 4.98 Å². The second kappa shape index (κ2) is 7.31. The van der Waals surface area contributed by atoms with Gasteiger partial charge in [0.2, 0.25) is 15.9 Å². The number of nitrogens with zero attached hydrogens (tertiary/aromatic N) is 3. The quantitative estimate of drug-likeness (QED) is 0.793. The predicted octanol–water partition coefficient (Wildman–Crippen LogP) is 1.73. The molecule has 0 N–H and O–H groups in total. The van der Waals surface area contributed by atoms with E-state index in [0.29, 0.717) is 17.2 Å². The first kappa shape index (κ1) is 17.7. The van der Waals surface area contributed by atoms with Gasteiger partial charge in [-0.2, -0.15) is 0 Å². The first-order valence-corrected chi connectivity index (χ1v) is 8.98. The Labute approximate surface area is 141 Å². The standard InChI is InChI=1S/C16H19N3O4S/c1-18(2)16(20)12-19(24(3,21)22)13-6-8-14(9-7-13)23-15-5-4-10-17-11-15/h4-11H,12H2,1-3H3. The zero-order valence-corrected chi connectivity index (χ0v) is 14.5. The average molecular weight is 349 g/mol. The summed E-state index contributed by atoms with van der Waals surface area (Å²) in [5.74, 6) is 0.809. The molecule has 0 unspecified atom stereocenters. The number of pyridine rings is 1. The number of benzene rings is 1. The van der Waals surface area contributed by atoms with E-state index in [1.54, 1.807) is 62.9 Å². The minimum atomic E-state index is -3.58. The van der Waals surface area contributed by atoms with Crippen molar-refractivity contribution in [2.45, 2.75) is 0 Å². The largest absolute Gasteiger partial charge is 0.456 e. The molecule has 0 aliphatic rings. The normalized spacial score (nSPS) is 11.0. The topological polar surface area (TPSA) is 79.8 Å². The van der Waals surface area contributed by atoms with Gasteiger partial charge in [-0.15, -0.1) is 0 Å². The monoisotopic (exact) mass is 349 g/mol. The molecule has 1 aromatic carbocycles. The van der Waals surface area contributed by atoms with Gasteiger partial charge in [-0.3, -0.25) is 14.1 Å². The molecule has 128 valence electrons. The summed E-state index contributed by atoms with van der Waals surface area (Å²) in [6, 6.07) is 9.98. The fraction of sp³-hybridized carbons (Fsp3) is 0.250. The van der Waals surface area contributed by atoms with Crippen molar-refractivity contribution in [1.29, 1.82) is 0 Å². The molecule has 0 radical (unpaired) electrons. The van der Waals surface area contributed by atoms with Crippen LogP contribution in [0.3, 0.4) is 0 Å². The first-order valence-electron chi connectivity index (χ1n) is 7.13. The summed E-state index contributed by atoms with van der Waals surface area (Å²) in [5, 5.41) is 0. The van der Waals surface area contributed by atoms with Gasteiger partial charge in [0, 0.05) is 20.3 Å². The van der Waals surface area contributed by atoms with Crippen LogP contribution >= 0.6 is 0 Å². The molecule has 0 saturated carbocycles. The number of carbonyl (C=O) groups is 1. The number of hydrogen-bond acceptors (Lipinski definition) is 5. The lowest BCUT2D eigenvalue weighted by Gasteiger charge is -2.23. The van der Waals surface area contributed by atoms with Crippen molar-refractivity contribution in [3.05, 3.63) is 48.8 Å². The molecular formula is C16H19N3O4S. The highest BCUT2D eigenvalue weighted by Crippen LogP contribution is 2.25. The van der Waals surface area contributed by atoms with Gasteiger partial charge >= 0.3 is 0 Å². The minimum absolute atomic E-state index is 0.255. The van der Waals surface area contributed by atoms with Gasteiger partial charge in [-0.25, -0.2) is 8.42 Å². The van der Waals surface area contributed by atoms with E-state index >= 15 is 0 Å². The van der Waals surface area contributed by atoms with Crippen LogP contribution in [0.4, 0.5) is 5.69 Å². The number of likely N-dealkylation sites (N-methyl/N-ethyl adjacent to an activating group) is 1. The SMILES string of the molecule is CN(C)C(=O)CN(c1ccc(Oc2cccnc2)cc1)S(C)(=O)=O. The summed E-state index contributed by atoms with van der Waals surface area (Å²) in [6.07, 6.45) is 4.28. The van der Waals surface area contributed by atoms with E-state index in [0.717, 1.165) is 10.6 Å². The highest BCUT2D eigenvalue weighted by atomic mass is 32.2. The maximum absolute atomic E-state index is 12.0. The lowest BCUT2D eigenvalue weighted by Crippen LogP contribution is -2.39. The summed E-state index contributed by atoms with van der Waals surface area (Å²) in [6.45, 7) is -0.255. The molecule has 0 saturated heterocycles. The molecule has 2 rings (SSSR count). The number of rotatable bonds is 6. The summed E-state index contributed by atoms with van der Waals surface area (Å²) in [4.78, 5) is 17.2. The molecule has 8 heteroatoms. The second-order valence-corrected chi connectivity index (χ2v) is 7.25. The molecule has 0 bridgehead atoms. The van der Waals surface area contributed by atoms with Gasteiger partial charge in [-0.1, -0.05) is 0 Å². The van der Waals surface area contributed by atoms with E-state index < -0.39 is 10.0 Å². The summed E-state index contributed by atoms with van der Waals surface area (Å²) in [7, 11) is -0.429. The second-order valence-electron chi connectivity index (χ2n) is 5.34. The average Bonchev–Trinajstić information content (AvgIpc) is 2.53. The Morgan fingerprint density at radius 1 is 1.12 bits per heavy atom. The number of hydrogen-bond donors (Lipinski definition) is 0. The molecule has 2 aromatic rings. The molecule has 1 heterocycles. The van der Waals surface area contributed by atoms with Crippen molar-refractivity contribution in [1.82, 2.24) is 9.88 Å². The molecule has 1 amide bonds. The molecule has 7 nitrogen and oxygen atoms in total. The van der Waals surface area contributed by atoms with Crippen LogP contribution in [0.5, 0.6) is 11.5 Å². The lowest BCUT2D eigenvalue weighted by molar-refractivity contribution is -0.127. The van der Waals surface area contributed by atoms with Crippen LogP contribution in [0.15, 0.2) is 48.8 Å². The summed E-state index contributed by atoms with van der Waals surface area (Å²) in [5.41, 5.74) is 0.395. The molecule has 0 spiro atoms. The highest BCUT2D eigenvalue weighted by Gasteiger charge is 2.21. The summed E-state index contributed by atoms with van der Waals surface area (Å²) >= 11 is 0. The fourth-order valence-electron chi connectivity index (χ4n) is 1.89. The molecule has 0 atom stereocenters. The van der Waals surface area contributed by atoms with Crippen molar-refractivity contribution in [3.8, 4) is 11.5 Å². The maximum atomic E-state index is 12.0. The Balaban J connectivity index is 2.21. The number of carbonyl (C=O) groups excluding carboxylic acids is 1. The number of anilines is 1. The van der Waals surface area contributed by atoms with Crippen LogP contribution in [-0.4, -0.2) is 51.1 Å². The molecule has 24 heavy (non-hydrogen) atoms. The smallest absolute Gasteiger partial charge is 0.242 e. The number of amides is 1. The van der Waals surface area contributed by atoms with E-state index in [1.807, 2.05) is 0 Å². The van der Waals surface area contributed by atoms with Crippen molar-refractivity contribution < 1.29 is 17.9 Å². The van der Waals surface area contributed by atoms with Crippen LogP contribution in [0.25, 0.3) is 0 Å². The van der Waals surface area contributed by atoms with Crippen LogP contribution in [-0.2, 0) is 14.8 Å². The predicted molar refractivity (Wildman–Crippen MR) is 91.6 cm³/mol. The Morgan fingerprint density at radius 3 is 2.29 bits per heavy atom. The Hall–Kier alpha value is -2.61. The molecule has 0 aliphatic heterocycles. The van der Waals surface area contributed by atoms with Crippen molar-refractivity contribution in [2.75, 3.05) is 31.2 Å². The van der Waals surface area contributed by atoms with Crippen molar-refractivity contribution >= 4 is 21.6 Å². The van der Waals surface area contributed by atoms with Crippen molar-refractivity contribution in [2.24, 2.45) is 0 Å². The van der Waals surface area contributed by atoms with Gasteiger partial charge in [0.05, 0.1) is 18.1 Å². The van der Waals surface area contributed by atoms with Crippen molar-refractivity contribution in [3.63, 3.8) is 0 Å². The zero-order chi connectivity index (χ0) is 17.7. The van der Waals surface area contributed by atoms with Crippen LogP contribution in [0, 0.1) is 0 Å². The summed E-state index contributed by atoms with van der Waals surface area (Å²) < 4.78 is 30.6. The molecule has 1 aromatic heterocycles. The Bertz CT molecular complexity index is 790. The minimum Gasteiger partial charge on any atom is -0.456 e. The van der Waals surface area contributed by atoms with E-state index in [-0.39, 0.29) is 12.5 Å². The van der Waals surface area contributed by atoms with Gasteiger partial charge in [0.1, 0.15) is 18.0 Å². The van der Waals surface area contributed by atoms with Gasteiger partial charge in [0.15, 0.2) is 0 Å². The molecular weight excluding hydrogens is 330 g/mol. The van der Waals surface area contributed by atoms with Crippen LogP contribution in [0.2, 0.25) is 0 Å². The highest BCUT2D eigenvalue weighted by molar-refractivity contribution is 7.92. The fourth-order valence-corrected chi connectivity index (χ4v) is 2.74. The van der Waals surface area contributed by atoms with E-state index in [1.165, 1.54) is 4.90 Å². The molecule has 0 fully saturated rings. The van der Waals surface area contributed by atoms with Gasteiger partial charge < -0.3 is 9.64 Å². The number of ether oxygens (including phenoxy) is 1. The van der Waals surface area contributed by atoms with Crippen LogP contribution < -0.4 is 9.04 Å². The van der Waals surface area contributed by atoms with Gasteiger partial charge in [0.25, 0.3) is 0 Å². The third kappa shape index (κ3) is 4.69. The van der Waals surface area contributed by atoms with E-state index in [4.69, 9.17) is 4.74 Å². The first-order chi connectivity index (χ1) is 11.3. The van der Waals surface area contributed by atoms with Gasteiger partial charge in [-0.05, 0) is 36.4 Å². The van der Waals surface area contributed by atoms with Crippen LogP contribution in [0.1, 0.15) is 0 Å². The number of aromatic nitrogens is 1. The Morgan fingerprint density at radius 2 is 1.79 bits per heavy atom. The number of sulfonamides is 1. The zero-order valence-electron chi connectivity index (χ0n) is 13.7. The van der Waals surface area contributed by atoms with E-state index in [9.17, 15) is 13.2 Å². The Kier molecular flexibility index (Phi) is 5.40. The third-order valence-electron chi connectivity index (χ3n) is 3.17. The molecule has 0 aliphatic carbocycles. The lowest BCUT2D eigenvalue weighted by atomic mass is 10.3. The maximum Gasteiger partial charge on any atom is 0.242 e.